The molecule has 2 aromatic rings. The Morgan fingerprint density at radius 1 is 1.20 bits per heavy atom. The highest BCUT2D eigenvalue weighted by Gasteiger charge is 2.08. The highest BCUT2D eigenvalue weighted by molar-refractivity contribution is 5.58. The third kappa shape index (κ3) is 3.40. The molecular formula is C14H16F2N4. The van der Waals surface area contributed by atoms with E-state index in [0.717, 1.165) is 12.6 Å². The summed E-state index contributed by atoms with van der Waals surface area (Å²) in [4.78, 5) is 7.86. The van der Waals surface area contributed by atoms with Crippen molar-refractivity contribution < 1.29 is 8.78 Å². The predicted molar refractivity (Wildman–Crippen MR) is 75.2 cm³/mol. The quantitative estimate of drug-likeness (QED) is 0.877. The fourth-order valence-corrected chi connectivity index (χ4v) is 1.58. The van der Waals surface area contributed by atoms with Crippen LogP contribution in [0.5, 0.6) is 0 Å². The number of hydrogen-bond acceptors (Lipinski definition) is 4. The molecule has 1 aromatic heterocycles. The standard InChI is InChI=1S/C14H16F2N4/c1-3-6-17-14-18-8-12(16)13(20-14)19-10-5-4-9(2)11(15)7-10/h4-5,7-8H,3,6H2,1-2H3,(H2,17,18,19,20). The first kappa shape index (κ1) is 14.2. The zero-order valence-corrected chi connectivity index (χ0v) is 11.4. The summed E-state index contributed by atoms with van der Waals surface area (Å²) >= 11 is 0. The van der Waals surface area contributed by atoms with Gasteiger partial charge >= 0.3 is 0 Å². The summed E-state index contributed by atoms with van der Waals surface area (Å²) in [6.07, 6.45) is 1.99. The molecular weight excluding hydrogens is 262 g/mol. The van der Waals surface area contributed by atoms with E-state index in [2.05, 4.69) is 20.6 Å². The van der Waals surface area contributed by atoms with Crippen molar-refractivity contribution in [1.82, 2.24) is 9.97 Å². The van der Waals surface area contributed by atoms with Gasteiger partial charge in [0.15, 0.2) is 11.6 Å². The minimum absolute atomic E-state index is 0.0156. The van der Waals surface area contributed by atoms with Crippen LogP contribution in [-0.2, 0) is 0 Å². The molecule has 1 heterocycles. The maximum Gasteiger partial charge on any atom is 0.224 e. The van der Waals surface area contributed by atoms with E-state index in [1.807, 2.05) is 6.92 Å². The Kier molecular flexibility index (Phi) is 4.45. The van der Waals surface area contributed by atoms with Gasteiger partial charge in [0, 0.05) is 12.2 Å². The highest BCUT2D eigenvalue weighted by atomic mass is 19.1. The molecule has 20 heavy (non-hydrogen) atoms. The van der Waals surface area contributed by atoms with E-state index in [4.69, 9.17) is 0 Å². The molecule has 0 aliphatic heterocycles. The van der Waals surface area contributed by atoms with Gasteiger partial charge in [0.2, 0.25) is 5.95 Å². The summed E-state index contributed by atoms with van der Waals surface area (Å²) in [6.45, 7) is 4.37. The lowest BCUT2D eigenvalue weighted by Crippen LogP contribution is -2.07. The summed E-state index contributed by atoms with van der Waals surface area (Å²) in [5, 5.41) is 5.72. The van der Waals surface area contributed by atoms with Crippen molar-refractivity contribution in [2.45, 2.75) is 20.3 Å². The van der Waals surface area contributed by atoms with E-state index < -0.39 is 5.82 Å². The zero-order valence-electron chi connectivity index (χ0n) is 11.4. The molecule has 0 fully saturated rings. The molecule has 0 spiro atoms. The van der Waals surface area contributed by atoms with Crippen molar-refractivity contribution in [2.75, 3.05) is 17.2 Å². The molecule has 4 nitrogen and oxygen atoms in total. The number of aromatic nitrogens is 2. The number of halogens is 2. The molecule has 0 bridgehead atoms. The maximum absolute atomic E-state index is 13.6. The molecule has 0 aliphatic carbocycles. The average Bonchev–Trinajstić information content (AvgIpc) is 2.44. The minimum Gasteiger partial charge on any atom is -0.354 e. The minimum atomic E-state index is -0.590. The lowest BCUT2D eigenvalue weighted by Gasteiger charge is -2.09. The number of benzene rings is 1. The van der Waals surface area contributed by atoms with Crippen LogP contribution >= 0.6 is 0 Å². The van der Waals surface area contributed by atoms with E-state index >= 15 is 0 Å². The second-order valence-electron chi connectivity index (χ2n) is 4.41. The fraction of sp³-hybridized carbons (Fsp3) is 0.286. The number of anilines is 3. The first-order valence-corrected chi connectivity index (χ1v) is 6.39. The summed E-state index contributed by atoms with van der Waals surface area (Å²) in [6, 6.07) is 4.59. The molecule has 106 valence electrons. The maximum atomic E-state index is 13.6. The SMILES string of the molecule is CCCNc1ncc(F)c(Nc2ccc(C)c(F)c2)n1. The number of aryl methyl sites for hydroxylation is 1. The molecule has 0 radical (unpaired) electrons. The Bertz CT molecular complexity index is 602. The highest BCUT2D eigenvalue weighted by Crippen LogP contribution is 2.20. The van der Waals surface area contributed by atoms with Crippen LogP contribution in [0.3, 0.4) is 0 Å². The lowest BCUT2D eigenvalue weighted by molar-refractivity contribution is 0.616. The van der Waals surface area contributed by atoms with Gasteiger partial charge in [-0.25, -0.2) is 13.8 Å². The summed E-state index contributed by atoms with van der Waals surface area (Å²) in [5.41, 5.74) is 0.969. The largest absolute Gasteiger partial charge is 0.354 e. The monoisotopic (exact) mass is 278 g/mol. The Labute approximate surface area is 116 Å². The van der Waals surface area contributed by atoms with E-state index in [1.165, 1.54) is 6.07 Å². The Morgan fingerprint density at radius 3 is 2.70 bits per heavy atom. The van der Waals surface area contributed by atoms with Gasteiger partial charge in [0.05, 0.1) is 6.20 Å². The Hall–Kier alpha value is -2.24. The van der Waals surface area contributed by atoms with Gasteiger partial charge in [-0.05, 0) is 31.0 Å². The first-order chi connectivity index (χ1) is 9.60. The van der Waals surface area contributed by atoms with E-state index in [9.17, 15) is 8.78 Å². The molecule has 0 saturated carbocycles. The van der Waals surface area contributed by atoms with Crippen molar-refractivity contribution in [2.24, 2.45) is 0 Å². The number of hydrogen-bond donors (Lipinski definition) is 2. The molecule has 0 unspecified atom stereocenters. The van der Waals surface area contributed by atoms with E-state index in [1.54, 1.807) is 19.1 Å². The number of rotatable bonds is 5. The topological polar surface area (TPSA) is 49.8 Å². The van der Waals surface area contributed by atoms with Crippen LogP contribution in [-0.4, -0.2) is 16.5 Å². The van der Waals surface area contributed by atoms with Crippen molar-refractivity contribution >= 4 is 17.5 Å². The van der Waals surface area contributed by atoms with Crippen molar-refractivity contribution in [3.63, 3.8) is 0 Å². The van der Waals surface area contributed by atoms with Crippen LogP contribution in [0.2, 0.25) is 0 Å². The first-order valence-electron chi connectivity index (χ1n) is 6.39. The fourth-order valence-electron chi connectivity index (χ4n) is 1.58. The van der Waals surface area contributed by atoms with Crippen LogP contribution < -0.4 is 10.6 Å². The van der Waals surface area contributed by atoms with Crippen LogP contribution in [0.4, 0.5) is 26.2 Å². The smallest absolute Gasteiger partial charge is 0.224 e. The van der Waals surface area contributed by atoms with Crippen LogP contribution in [0, 0.1) is 18.6 Å². The summed E-state index contributed by atoms with van der Waals surface area (Å²) < 4.78 is 27.1. The normalized spacial score (nSPS) is 10.4. The number of nitrogens with zero attached hydrogens (tertiary/aromatic N) is 2. The van der Waals surface area contributed by atoms with Gasteiger partial charge in [-0.1, -0.05) is 13.0 Å². The van der Waals surface area contributed by atoms with Crippen molar-refractivity contribution in [3.05, 3.63) is 41.6 Å². The van der Waals surface area contributed by atoms with Crippen LogP contribution in [0.15, 0.2) is 24.4 Å². The van der Waals surface area contributed by atoms with Gasteiger partial charge in [-0.3, -0.25) is 0 Å². The summed E-state index contributed by atoms with van der Waals surface area (Å²) in [5.74, 6) is -0.591. The molecule has 0 aliphatic rings. The summed E-state index contributed by atoms with van der Waals surface area (Å²) in [7, 11) is 0. The number of nitrogens with one attached hydrogen (secondary N) is 2. The van der Waals surface area contributed by atoms with Gasteiger partial charge in [0.1, 0.15) is 5.82 Å². The van der Waals surface area contributed by atoms with Crippen molar-refractivity contribution in [1.29, 1.82) is 0 Å². The van der Waals surface area contributed by atoms with Gasteiger partial charge in [-0.15, -0.1) is 0 Å². The van der Waals surface area contributed by atoms with E-state index in [-0.39, 0.29) is 11.6 Å². The Morgan fingerprint density at radius 2 is 2.00 bits per heavy atom. The third-order valence-corrected chi connectivity index (χ3v) is 2.71. The molecule has 1 aromatic carbocycles. The zero-order chi connectivity index (χ0) is 14.5. The molecule has 6 heteroatoms. The molecule has 0 atom stereocenters. The molecule has 2 rings (SSSR count). The predicted octanol–water partition coefficient (Wildman–Crippen LogP) is 3.63. The lowest BCUT2D eigenvalue weighted by atomic mass is 10.2. The Balaban J connectivity index is 2.20. The van der Waals surface area contributed by atoms with Crippen LogP contribution in [0.1, 0.15) is 18.9 Å². The van der Waals surface area contributed by atoms with Gasteiger partial charge in [0.25, 0.3) is 0 Å². The average molecular weight is 278 g/mol. The third-order valence-electron chi connectivity index (χ3n) is 2.71. The van der Waals surface area contributed by atoms with E-state index in [0.29, 0.717) is 23.7 Å². The van der Waals surface area contributed by atoms with Crippen LogP contribution in [0.25, 0.3) is 0 Å². The van der Waals surface area contributed by atoms with Gasteiger partial charge in [-0.2, -0.15) is 4.98 Å². The second-order valence-corrected chi connectivity index (χ2v) is 4.41. The molecule has 2 N–H and O–H groups in total. The van der Waals surface area contributed by atoms with Gasteiger partial charge < -0.3 is 10.6 Å². The molecule has 0 amide bonds. The second kappa shape index (κ2) is 6.27. The molecule has 0 saturated heterocycles. The van der Waals surface area contributed by atoms with Crippen molar-refractivity contribution in [3.8, 4) is 0 Å².